The summed E-state index contributed by atoms with van der Waals surface area (Å²) in [6.07, 6.45) is 2.84. The van der Waals surface area contributed by atoms with Gasteiger partial charge in [-0.15, -0.1) is 0 Å². The van der Waals surface area contributed by atoms with Crippen molar-refractivity contribution in [3.63, 3.8) is 0 Å². The third kappa shape index (κ3) is 7.92. The number of aliphatic carboxylic acids is 1. The number of carboxylic acid groups (broad SMARTS) is 1. The van der Waals surface area contributed by atoms with Gasteiger partial charge >= 0.3 is 5.97 Å². The van der Waals surface area contributed by atoms with Crippen molar-refractivity contribution in [2.45, 2.75) is 30.6 Å². The Morgan fingerprint density at radius 2 is 1.59 bits per heavy atom. The summed E-state index contributed by atoms with van der Waals surface area (Å²) >= 11 is 7.86. The molecule has 0 aliphatic rings. The number of hydrogen-bond donors (Lipinski definition) is 9. The summed E-state index contributed by atoms with van der Waals surface area (Å²) in [4.78, 5) is 54.6. The quantitative estimate of drug-likeness (QED) is 0.148. The smallest absolute Gasteiger partial charge is 0.327 e. The van der Waals surface area contributed by atoms with Gasteiger partial charge < -0.3 is 36.9 Å². The number of imidazole rings is 1. The highest BCUT2D eigenvalue weighted by Crippen LogP contribution is 2.02. The summed E-state index contributed by atoms with van der Waals surface area (Å²) in [6.45, 7) is -0.619. The van der Waals surface area contributed by atoms with Crippen LogP contribution in [0.5, 0.6) is 0 Å². The number of amides is 3. The number of aliphatic hydroxyl groups excluding tert-OH is 1. The molecule has 12 nitrogen and oxygen atoms in total. The van der Waals surface area contributed by atoms with Gasteiger partial charge in [-0.3, -0.25) is 14.4 Å². The molecule has 0 fully saturated rings. The summed E-state index contributed by atoms with van der Waals surface area (Å²) in [5.41, 5.74) is 5.98. The minimum atomic E-state index is -1.28. The van der Waals surface area contributed by atoms with Crippen molar-refractivity contribution in [1.29, 1.82) is 0 Å². The molecule has 0 bridgehead atoms. The van der Waals surface area contributed by atoms with Crippen LogP contribution in [0.15, 0.2) is 12.5 Å². The zero-order chi connectivity index (χ0) is 22.0. The van der Waals surface area contributed by atoms with E-state index in [9.17, 15) is 19.2 Å². The van der Waals surface area contributed by atoms with E-state index in [4.69, 9.17) is 15.9 Å². The maximum Gasteiger partial charge on any atom is 0.327 e. The van der Waals surface area contributed by atoms with Crippen LogP contribution >= 0.6 is 25.3 Å². The Morgan fingerprint density at radius 1 is 1.03 bits per heavy atom. The number of H-pyrrole nitrogens is 1. The molecular formula is C15H24N6O6S2. The molecule has 0 aromatic carbocycles. The fourth-order valence-electron chi connectivity index (χ4n) is 2.11. The highest BCUT2D eigenvalue weighted by Gasteiger charge is 2.29. The van der Waals surface area contributed by atoms with Gasteiger partial charge in [0, 0.05) is 29.8 Å². The van der Waals surface area contributed by atoms with Gasteiger partial charge in [0.15, 0.2) is 0 Å². The van der Waals surface area contributed by atoms with Gasteiger partial charge in [0.1, 0.15) is 24.2 Å². The second kappa shape index (κ2) is 12.3. The highest BCUT2D eigenvalue weighted by atomic mass is 32.1. The summed E-state index contributed by atoms with van der Waals surface area (Å²) in [5, 5.41) is 25.1. The Kier molecular flexibility index (Phi) is 10.5. The molecule has 0 aliphatic heterocycles. The van der Waals surface area contributed by atoms with Crippen molar-refractivity contribution >= 4 is 48.9 Å². The molecule has 0 spiro atoms. The molecule has 162 valence electrons. The van der Waals surface area contributed by atoms with Gasteiger partial charge in [-0.1, -0.05) is 0 Å². The molecule has 4 atom stereocenters. The van der Waals surface area contributed by atoms with Crippen molar-refractivity contribution in [2.24, 2.45) is 5.73 Å². The molecule has 1 rings (SSSR count). The van der Waals surface area contributed by atoms with Crippen LogP contribution in [0.25, 0.3) is 0 Å². The average molecular weight is 449 g/mol. The molecule has 29 heavy (non-hydrogen) atoms. The van der Waals surface area contributed by atoms with E-state index in [2.05, 4.69) is 51.2 Å². The van der Waals surface area contributed by atoms with Crippen molar-refractivity contribution in [1.82, 2.24) is 25.9 Å². The van der Waals surface area contributed by atoms with Crippen LogP contribution in [-0.2, 0) is 25.6 Å². The van der Waals surface area contributed by atoms with Gasteiger partial charge in [-0.05, 0) is 0 Å². The lowest BCUT2D eigenvalue weighted by molar-refractivity contribution is -0.141. The first-order valence-electron chi connectivity index (χ1n) is 8.42. The summed E-state index contributed by atoms with van der Waals surface area (Å²) < 4.78 is 0. The maximum absolute atomic E-state index is 12.7. The molecule has 0 aliphatic carbocycles. The van der Waals surface area contributed by atoms with Crippen LogP contribution in [0.2, 0.25) is 0 Å². The fraction of sp³-hybridized carbons (Fsp3) is 0.533. The molecule has 1 aromatic heterocycles. The number of aromatic nitrogens is 2. The molecule has 0 radical (unpaired) electrons. The SMILES string of the molecule is NC(CO)C(=O)NC(Cc1cnc[nH]1)C(=O)NC(CS)C(=O)NC(CS)C(=O)O. The number of hydrogen-bond acceptors (Lipinski definition) is 9. The zero-order valence-corrected chi connectivity index (χ0v) is 17.0. The van der Waals surface area contributed by atoms with Gasteiger partial charge in [-0.25, -0.2) is 9.78 Å². The monoisotopic (exact) mass is 448 g/mol. The standard InChI is InChI=1S/C15H24N6O6S2/c16-8(3-22)12(23)19-9(1-7-2-17-6-18-7)13(24)20-10(4-28)14(25)21-11(5-29)15(26)27/h2,6,8-11,22,28-29H,1,3-5,16H2,(H,17,18)(H,19,23)(H,20,24)(H,21,25)(H,26,27). The number of thiol groups is 2. The van der Waals surface area contributed by atoms with E-state index in [0.717, 1.165) is 0 Å². The molecule has 4 unspecified atom stereocenters. The number of nitrogens with one attached hydrogen (secondary N) is 4. The number of aliphatic hydroxyl groups is 1. The third-order valence-electron chi connectivity index (χ3n) is 3.76. The third-order valence-corrected chi connectivity index (χ3v) is 4.49. The average Bonchev–Trinajstić information content (AvgIpc) is 3.21. The number of carboxylic acids is 1. The minimum Gasteiger partial charge on any atom is -0.480 e. The molecule has 14 heteroatoms. The lowest BCUT2D eigenvalue weighted by Crippen LogP contribution is -2.58. The van der Waals surface area contributed by atoms with Crippen LogP contribution < -0.4 is 21.7 Å². The van der Waals surface area contributed by atoms with E-state index in [1.807, 2.05) is 0 Å². The topological polar surface area (TPSA) is 200 Å². The van der Waals surface area contributed by atoms with Gasteiger partial charge in [0.05, 0.1) is 12.9 Å². The van der Waals surface area contributed by atoms with Gasteiger partial charge in [0.2, 0.25) is 17.7 Å². The number of carbonyl (C=O) groups excluding carboxylic acids is 3. The van der Waals surface area contributed by atoms with E-state index in [0.29, 0.717) is 5.69 Å². The zero-order valence-electron chi connectivity index (χ0n) is 15.2. The Hall–Kier alpha value is -2.29. The lowest BCUT2D eigenvalue weighted by Gasteiger charge is -2.23. The van der Waals surface area contributed by atoms with Crippen LogP contribution in [0.3, 0.4) is 0 Å². The van der Waals surface area contributed by atoms with Crippen molar-refractivity contribution in [3.05, 3.63) is 18.2 Å². The maximum atomic E-state index is 12.7. The second-order valence-corrected chi connectivity index (χ2v) is 6.69. The van der Waals surface area contributed by atoms with Crippen LogP contribution in [-0.4, -0.2) is 86.2 Å². The van der Waals surface area contributed by atoms with E-state index in [1.54, 1.807) is 0 Å². The number of nitrogens with zero attached hydrogens (tertiary/aromatic N) is 1. The van der Waals surface area contributed by atoms with E-state index in [1.165, 1.54) is 12.5 Å². The van der Waals surface area contributed by atoms with Crippen LogP contribution in [0.4, 0.5) is 0 Å². The minimum absolute atomic E-state index is 0.00498. The fourth-order valence-corrected chi connectivity index (χ4v) is 2.62. The predicted octanol–water partition coefficient (Wildman–Crippen LogP) is -3.33. The molecular weight excluding hydrogens is 424 g/mol. The molecule has 0 saturated heterocycles. The van der Waals surface area contributed by atoms with Crippen molar-refractivity contribution in [2.75, 3.05) is 18.1 Å². The van der Waals surface area contributed by atoms with Crippen molar-refractivity contribution < 1.29 is 29.4 Å². The number of nitrogens with two attached hydrogens (primary N) is 1. The first-order valence-corrected chi connectivity index (χ1v) is 9.69. The lowest BCUT2D eigenvalue weighted by atomic mass is 10.1. The summed E-state index contributed by atoms with van der Waals surface area (Å²) in [5.74, 6) is -3.82. The second-order valence-electron chi connectivity index (χ2n) is 5.96. The van der Waals surface area contributed by atoms with Crippen LogP contribution in [0, 0.1) is 0 Å². The van der Waals surface area contributed by atoms with Gasteiger partial charge in [-0.2, -0.15) is 25.3 Å². The number of carbonyl (C=O) groups is 4. The number of aromatic amines is 1. The first-order chi connectivity index (χ1) is 13.7. The van der Waals surface area contributed by atoms with E-state index >= 15 is 0 Å². The Bertz CT molecular complexity index is 703. The van der Waals surface area contributed by atoms with E-state index < -0.39 is 54.5 Å². The van der Waals surface area contributed by atoms with Gasteiger partial charge in [0.25, 0.3) is 0 Å². The first kappa shape index (κ1) is 24.7. The largest absolute Gasteiger partial charge is 0.480 e. The number of rotatable bonds is 12. The Labute approximate surface area is 177 Å². The molecule has 1 aromatic rings. The molecule has 8 N–H and O–H groups in total. The van der Waals surface area contributed by atoms with E-state index in [-0.39, 0.29) is 17.9 Å². The Balaban J connectivity index is 2.88. The molecule has 1 heterocycles. The predicted molar refractivity (Wildman–Crippen MR) is 108 cm³/mol. The van der Waals surface area contributed by atoms with Crippen LogP contribution in [0.1, 0.15) is 5.69 Å². The molecule has 0 saturated carbocycles. The van der Waals surface area contributed by atoms with Crippen molar-refractivity contribution in [3.8, 4) is 0 Å². The molecule has 3 amide bonds. The Morgan fingerprint density at radius 3 is 2.07 bits per heavy atom. The normalized spacial score (nSPS) is 14.9. The highest BCUT2D eigenvalue weighted by molar-refractivity contribution is 7.80. The summed E-state index contributed by atoms with van der Waals surface area (Å²) in [7, 11) is 0. The summed E-state index contributed by atoms with van der Waals surface area (Å²) in [6, 6.07) is -4.79.